The predicted molar refractivity (Wildman–Crippen MR) is 137 cm³/mol. The van der Waals surface area contributed by atoms with Crippen LogP contribution in [0.4, 0.5) is 4.79 Å². The molecule has 9 heteroatoms. The van der Waals surface area contributed by atoms with Crippen molar-refractivity contribution in [3.63, 3.8) is 0 Å². The molecule has 2 fully saturated rings. The summed E-state index contributed by atoms with van der Waals surface area (Å²) >= 11 is 0. The van der Waals surface area contributed by atoms with Gasteiger partial charge in [0.15, 0.2) is 5.76 Å². The van der Waals surface area contributed by atoms with E-state index in [2.05, 4.69) is 5.16 Å². The molecule has 0 unspecified atom stereocenters. The summed E-state index contributed by atoms with van der Waals surface area (Å²) < 4.78 is 22.7. The molecule has 2 aromatic heterocycles. The van der Waals surface area contributed by atoms with Crippen LogP contribution in [0.1, 0.15) is 82.2 Å². The Hall–Kier alpha value is -3.10. The van der Waals surface area contributed by atoms with Crippen LogP contribution in [0.5, 0.6) is 5.75 Å². The second-order valence-electron chi connectivity index (χ2n) is 10.6. The predicted octanol–water partition coefficient (Wildman–Crippen LogP) is 5.75. The maximum absolute atomic E-state index is 12.6. The number of esters is 1. The summed E-state index contributed by atoms with van der Waals surface area (Å²) in [6.07, 6.45) is 7.05. The van der Waals surface area contributed by atoms with Crippen LogP contribution in [0.15, 0.2) is 16.7 Å². The second kappa shape index (κ2) is 12.0. The van der Waals surface area contributed by atoms with Gasteiger partial charge in [-0.05, 0) is 77.8 Å². The zero-order chi connectivity index (χ0) is 26.5. The van der Waals surface area contributed by atoms with Gasteiger partial charge in [0.05, 0.1) is 29.2 Å². The average Bonchev–Trinajstić information content (AvgIpc) is 3.60. The number of rotatable bonds is 9. The molecule has 2 aliphatic carbocycles. The highest BCUT2D eigenvalue weighted by Crippen LogP contribution is 2.34. The van der Waals surface area contributed by atoms with E-state index < -0.39 is 0 Å². The number of hydrogen-bond donors (Lipinski definition) is 0. The number of pyridine rings is 1. The van der Waals surface area contributed by atoms with Gasteiger partial charge in [0.2, 0.25) is 0 Å². The fourth-order valence-corrected chi connectivity index (χ4v) is 5.28. The number of amides is 1. The molecular formula is C28H39N3O6. The monoisotopic (exact) mass is 513 g/mol. The van der Waals surface area contributed by atoms with Crippen LogP contribution in [-0.2, 0) is 20.9 Å². The molecule has 1 amide bonds. The van der Waals surface area contributed by atoms with Crippen molar-refractivity contribution in [1.82, 2.24) is 15.0 Å². The summed E-state index contributed by atoms with van der Waals surface area (Å²) in [5.41, 5.74) is 2.72. The van der Waals surface area contributed by atoms with E-state index in [4.69, 9.17) is 23.7 Å². The standard InChI is InChI=1S/C28H39N3O6/c1-17(2)35-26(32)15-20-10-11-22(14-20)36-25-13-12-24(29-19(25)4)27-23(18(3)30-37-27)16-34-28(33)31(5)21-8-6-7-9-21/h12-13,17,20-22H,6-11,14-16H2,1-5H3/t20-,22-/m1/s1. The fraction of sp³-hybridized carbons (Fsp3) is 0.643. The van der Waals surface area contributed by atoms with Crippen LogP contribution in [0.3, 0.4) is 0 Å². The number of aryl methyl sites for hydroxylation is 2. The summed E-state index contributed by atoms with van der Waals surface area (Å²) in [5.74, 6) is 1.34. The van der Waals surface area contributed by atoms with Gasteiger partial charge in [-0.15, -0.1) is 0 Å². The number of carbonyl (C=O) groups excluding carboxylic acids is 2. The number of ether oxygens (including phenoxy) is 3. The zero-order valence-corrected chi connectivity index (χ0v) is 22.6. The lowest BCUT2D eigenvalue weighted by atomic mass is 10.0. The topological polar surface area (TPSA) is 104 Å². The van der Waals surface area contributed by atoms with Gasteiger partial charge in [-0.1, -0.05) is 18.0 Å². The molecule has 9 nitrogen and oxygen atoms in total. The van der Waals surface area contributed by atoms with E-state index in [9.17, 15) is 9.59 Å². The molecule has 0 radical (unpaired) electrons. The number of aromatic nitrogens is 2. The molecule has 0 aromatic carbocycles. The smallest absolute Gasteiger partial charge is 0.410 e. The Labute approximate surface area is 218 Å². The minimum absolute atomic E-state index is 0.0440. The summed E-state index contributed by atoms with van der Waals surface area (Å²) in [6, 6.07) is 3.97. The highest BCUT2D eigenvalue weighted by molar-refractivity contribution is 5.70. The normalized spacial score (nSPS) is 19.8. The minimum atomic E-state index is -0.335. The number of hydrogen-bond acceptors (Lipinski definition) is 8. The maximum Gasteiger partial charge on any atom is 0.410 e. The van der Waals surface area contributed by atoms with Crippen molar-refractivity contribution >= 4 is 12.1 Å². The molecule has 2 saturated carbocycles. The first-order valence-electron chi connectivity index (χ1n) is 13.4. The number of nitrogens with zero attached hydrogens (tertiary/aromatic N) is 3. The fourth-order valence-electron chi connectivity index (χ4n) is 5.28. The summed E-state index contributed by atoms with van der Waals surface area (Å²) in [5, 5.41) is 4.09. The van der Waals surface area contributed by atoms with E-state index >= 15 is 0 Å². The van der Waals surface area contributed by atoms with Gasteiger partial charge in [0, 0.05) is 19.5 Å². The van der Waals surface area contributed by atoms with Crippen LogP contribution in [0.2, 0.25) is 0 Å². The van der Waals surface area contributed by atoms with Gasteiger partial charge in [0.25, 0.3) is 0 Å². The molecule has 202 valence electrons. The van der Waals surface area contributed by atoms with E-state index in [1.54, 1.807) is 11.9 Å². The molecule has 0 saturated heterocycles. The highest BCUT2D eigenvalue weighted by Gasteiger charge is 2.29. The Morgan fingerprint density at radius 1 is 1.11 bits per heavy atom. The molecule has 0 N–H and O–H groups in total. The second-order valence-corrected chi connectivity index (χ2v) is 10.6. The molecule has 0 bridgehead atoms. The molecular weight excluding hydrogens is 474 g/mol. The van der Waals surface area contributed by atoms with E-state index in [1.165, 1.54) is 0 Å². The average molecular weight is 514 g/mol. The molecule has 4 rings (SSSR count). The Morgan fingerprint density at radius 2 is 1.86 bits per heavy atom. The molecule has 0 spiro atoms. The third-order valence-electron chi connectivity index (χ3n) is 7.36. The van der Waals surface area contributed by atoms with Crippen molar-refractivity contribution in [2.45, 2.75) is 104 Å². The summed E-state index contributed by atoms with van der Waals surface area (Å²) in [6.45, 7) is 7.52. The first-order valence-corrected chi connectivity index (χ1v) is 13.4. The Kier molecular flexibility index (Phi) is 8.71. The van der Waals surface area contributed by atoms with E-state index in [0.29, 0.717) is 34.9 Å². The van der Waals surface area contributed by atoms with Crippen molar-refractivity contribution in [1.29, 1.82) is 0 Å². The lowest BCUT2D eigenvalue weighted by Crippen LogP contribution is -2.35. The number of carbonyl (C=O) groups is 2. The van der Waals surface area contributed by atoms with Crippen LogP contribution >= 0.6 is 0 Å². The van der Waals surface area contributed by atoms with Crippen LogP contribution in [-0.4, -0.2) is 52.4 Å². The lowest BCUT2D eigenvalue weighted by Gasteiger charge is -2.23. The first-order chi connectivity index (χ1) is 17.7. The van der Waals surface area contributed by atoms with Crippen molar-refractivity contribution in [2.24, 2.45) is 5.92 Å². The molecule has 2 aliphatic rings. The third-order valence-corrected chi connectivity index (χ3v) is 7.36. The Balaban J connectivity index is 1.36. The third kappa shape index (κ3) is 6.81. The molecule has 2 heterocycles. The van der Waals surface area contributed by atoms with Crippen molar-refractivity contribution in [3.05, 3.63) is 29.1 Å². The first kappa shape index (κ1) is 26.9. The maximum atomic E-state index is 12.6. The van der Waals surface area contributed by atoms with Gasteiger partial charge >= 0.3 is 12.1 Å². The highest BCUT2D eigenvalue weighted by atomic mass is 16.6. The minimum Gasteiger partial charge on any atom is -0.489 e. The quantitative estimate of drug-likeness (QED) is 0.390. The molecule has 2 aromatic rings. The van der Waals surface area contributed by atoms with Crippen molar-refractivity contribution in [2.75, 3.05) is 7.05 Å². The van der Waals surface area contributed by atoms with Gasteiger partial charge < -0.3 is 23.6 Å². The molecule has 0 aliphatic heterocycles. The van der Waals surface area contributed by atoms with Crippen molar-refractivity contribution in [3.8, 4) is 17.2 Å². The van der Waals surface area contributed by atoms with Gasteiger partial charge in [0.1, 0.15) is 18.1 Å². The van der Waals surface area contributed by atoms with Crippen LogP contribution in [0.25, 0.3) is 11.5 Å². The van der Waals surface area contributed by atoms with Crippen LogP contribution in [0, 0.1) is 19.8 Å². The largest absolute Gasteiger partial charge is 0.489 e. The van der Waals surface area contributed by atoms with Gasteiger partial charge in [-0.25, -0.2) is 9.78 Å². The lowest BCUT2D eigenvalue weighted by molar-refractivity contribution is -0.148. The summed E-state index contributed by atoms with van der Waals surface area (Å²) in [7, 11) is 1.80. The van der Waals surface area contributed by atoms with Gasteiger partial charge in [-0.3, -0.25) is 4.79 Å². The SMILES string of the molecule is Cc1nc(-c2onc(C)c2COC(=O)N(C)C2CCCC2)ccc1O[C@@H]1CC[C@@H](CC(=O)OC(C)C)C1. The van der Waals surface area contributed by atoms with E-state index in [-0.39, 0.29) is 42.8 Å². The summed E-state index contributed by atoms with van der Waals surface area (Å²) in [4.78, 5) is 31.0. The zero-order valence-electron chi connectivity index (χ0n) is 22.6. The van der Waals surface area contributed by atoms with Crippen molar-refractivity contribution < 1.29 is 28.3 Å². The molecule has 37 heavy (non-hydrogen) atoms. The van der Waals surface area contributed by atoms with Crippen LogP contribution < -0.4 is 4.74 Å². The molecule has 2 atom stereocenters. The Bertz CT molecular complexity index is 1090. The van der Waals surface area contributed by atoms with E-state index in [0.717, 1.165) is 50.6 Å². The van der Waals surface area contributed by atoms with Gasteiger partial charge in [-0.2, -0.15) is 0 Å². The Morgan fingerprint density at radius 3 is 2.57 bits per heavy atom. The van der Waals surface area contributed by atoms with E-state index in [1.807, 2.05) is 39.8 Å².